The molecule has 0 amide bonds. The predicted molar refractivity (Wildman–Crippen MR) is 117 cm³/mol. The molecule has 0 bridgehead atoms. The standard InChI is InChI=1S/C23H26N2O2S/c1-4-14-25-16(3)20(22(26)17-10-7-6-8-11-17)21(24-23(25)28)18-12-9-13-19(15-18)27-5-2/h6-13,15,21H,4-5,14H2,1-3H3,(H,24,28). The summed E-state index contributed by atoms with van der Waals surface area (Å²) >= 11 is 5.63. The average Bonchev–Trinajstić information content (AvgIpc) is 2.71. The number of thiocarbonyl (C=S) groups is 1. The summed E-state index contributed by atoms with van der Waals surface area (Å²) in [7, 11) is 0. The smallest absolute Gasteiger partial charge is 0.193 e. The summed E-state index contributed by atoms with van der Waals surface area (Å²) in [4.78, 5) is 15.5. The van der Waals surface area contributed by atoms with Crippen LogP contribution in [0.15, 0.2) is 65.9 Å². The zero-order valence-electron chi connectivity index (χ0n) is 16.6. The van der Waals surface area contributed by atoms with Gasteiger partial charge in [-0.2, -0.15) is 0 Å². The lowest BCUT2D eigenvalue weighted by molar-refractivity contribution is 0.102. The summed E-state index contributed by atoms with van der Waals surface area (Å²) in [5, 5.41) is 4.04. The first kappa shape index (κ1) is 20.1. The van der Waals surface area contributed by atoms with Crippen LogP contribution in [0.4, 0.5) is 0 Å². The first-order valence-corrected chi connectivity index (χ1v) is 10.1. The van der Waals surface area contributed by atoms with E-state index in [0.29, 0.717) is 17.3 Å². The minimum Gasteiger partial charge on any atom is -0.494 e. The molecule has 3 rings (SSSR count). The minimum absolute atomic E-state index is 0.0148. The molecule has 0 spiro atoms. The molecule has 2 aromatic carbocycles. The maximum absolute atomic E-state index is 13.5. The maximum atomic E-state index is 13.5. The Labute approximate surface area is 172 Å². The van der Waals surface area contributed by atoms with Gasteiger partial charge in [0.15, 0.2) is 10.9 Å². The van der Waals surface area contributed by atoms with E-state index in [0.717, 1.165) is 35.5 Å². The van der Waals surface area contributed by atoms with Crippen LogP contribution in [-0.2, 0) is 0 Å². The van der Waals surface area contributed by atoms with E-state index in [2.05, 4.69) is 12.2 Å². The van der Waals surface area contributed by atoms with Gasteiger partial charge in [-0.15, -0.1) is 0 Å². The maximum Gasteiger partial charge on any atom is 0.193 e. The molecule has 4 nitrogen and oxygen atoms in total. The lowest BCUT2D eigenvalue weighted by Crippen LogP contribution is -2.47. The molecule has 0 saturated heterocycles. The Morgan fingerprint density at radius 3 is 2.57 bits per heavy atom. The van der Waals surface area contributed by atoms with Crippen molar-refractivity contribution in [1.82, 2.24) is 10.2 Å². The van der Waals surface area contributed by atoms with Crippen LogP contribution in [0.1, 0.15) is 49.2 Å². The zero-order valence-corrected chi connectivity index (χ0v) is 17.4. The van der Waals surface area contributed by atoms with E-state index < -0.39 is 0 Å². The quantitative estimate of drug-likeness (QED) is 0.535. The van der Waals surface area contributed by atoms with Crippen molar-refractivity contribution in [2.75, 3.05) is 13.2 Å². The van der Waals surface area contributed by atoms with Crippen molar-refractivity contribution in [2.24, 2.45) is 0 Å². The van der Waals surface area contributed by atoms with E-state index in [1.165, 1.54) is 0 Å². The molecule has 0 aromatic heterocycles. The Morgan fingerprint density at radius 1 is 1.14 bits per heavy atom. The van der Waals surface area contributed by atoms with Gasteiger partial charge in [-0.25, -0.2) is 0 Å². The van der Waals surface area contributed by atoms with Crippen LogP contribution in [0.2, 0.25) is 0 Å². The molecule has 0 radical (unpaired) electrons. The molecule has 1 unspecified atom stereocenters. The van der Waals surface area contributed by atoms with Crippen LogP contribution in [-0.4, -0.2) is 28.9 Å². The van der Waals surface area contributed by atoms with Crippen LogP contribution in [0.3, 0.4) is 0 Å². The molecule has 1 N–H and O–H groups in total. The van der Waals surface area contributed by atoms with Crippen molar-refractivity contribution in [1.29, 1.82) is 0 Å². The number of allylic oxidation sites excluding steroid dienone is 1. The first-order chi connectivity index (χ1) is 13.6. The number of ketones is 1. The molecule has 5 heteroatoms. The Morgan fingerprint density at radius 2 is 1.89 bits per heavy atom. The van der Waals surface area contributed by atoms with Crippen LogP contribution < -0.4 is 10.1 Å². The van der Waals surface area contributed by atoms with Gasteiger partial charge in [0.1, 0.15) is 5.75 Å². The van der Waals surface area contributed by atoms with Crippen LogP contribution >= 0.6 is 12.2 Å². The fraction of sp³-hybridized carbons (Fsp3) is 0.304. The van der Waals surface area contributed by atoms with Gasteiger partial charge >= 0.3 is 0 Å². The van der Waals surface area contributed by atoms with E-state index in [1.807, 2.05) is 73.3 Å². The molecule has 1 heterocycles. The Balaban J connectivity index is 2.10. The average molecular weight is 395 g/mol. The summed E-state index contributed by atoms with van der Waals surface area (Å²) in [5.41, 5.74) is 3.27. The normalized spacial score (nSPS) is 16.8. The first-order valence-electron chi connectivity index (χ1n) is 9.68. The van der Waals surface area contributed by atoms with Gasteiger partial charge in [-0.05, 0) is 50.2 Å². The highest BCUT2D eigenvalue weighted by atomic mass is 32.1. The van der Waals surface area contributed by atoms with Gasteiger partial charge in [0.2, 0.25) is 0 Å². The van der Waals surface area contributed by atoms with Crippen molar-refractivity contribution >= 4 is 23.1 Å². The van der Waals surface area contributed by atoms with Crippen LogP contribution in [0.25, 0.3) is 0 Å². The monoisotopic (exact) mass is 394 g/mol. The molecule has 1 aliphatic heterocycles. The molecule has 0 aliphatic carbocycles. The number of Topliss-reactive ketones (excluding diaryl/α,β-unsaturated/α-hetero) is 1. The van der Waals surface area contributed by atoms with Gasteiger partial charge in [-0.3, -0.25) is 4.79 Å². The van der Waals surface area contributed by atoms with Gasteiger partial charge in [0, 0.05) is 23.4 Å². The SMILES string of the molecule is CCCN1C(=S)NC(c2cccc(OCC)c2)C(C(=O)c2ccccc2)=C1C. The van der Waals surface area contributed by atoms with Crippen molar-refractivity contribution < 1.29 is 9.53 Å². The third-order valence-corrected chi connectivity index (χ3v) is 5.16. The highest BCUT2D eigenvalue weighted by Crippen LogP contribution is 2.34. The Hall–Kier alpha value is -2.66. The summed E-state index contributed by atoms with van der Waals surface area (Å²) in [6.45, 7) is 7.41. The van der Waals surface area contributed by atoms with Gasteiger partial charge in [-0.1, -0.05) is 49.4 Å². The van der Waals surface area contributed by atoms with E-state index in [9.17, 15) is 4.79 Å². The fourth-order valence-electron chi connectivity index (χ4n) is 3.51. The van der Waals surface area contributed by atoms with E-state index in [1.54, 1.807) is 0 Å². The second-order valence-electron chi connectivity index (χ2n) is 6.73. The Kier molecular flexibility index (Phi) is 6.47. The number of ether oxygens (including phenoxy) is 1. The molecular weight excluding hydrogens is 368 g/mol. The van der Waals surface area contributed by atoms with Gasteiger partial charge in [0.25, 0.3) is 0 Å². The number of carbonyl (C=O) groups excluding carboxylic acids is 1. The van der Waals surface area contributed by atoms with Crippen molar-refractivity contribution in [3.63, 3.8) is 0 Å². The number of hydrogen-bond donors (Lipinski definition) is 1. The lowest BCUT2D eigenvalue weighted by atomic mass is 9.89. The largest absolute Gasteiger partial charge is 0.494 e. The molecule has 1 aliphatic rings. The van der Waals surface area contributed by atoms with Crippen molar-refractivity contribution in [2.45, 2.75) is 33.2 Å². The summed E-state index contributed by atoms with van der Waals surface area (Å²) in [6, 6.07) is 16.9. The van der Waals surface area contributed by atoms with Gasteiger partial charge < -0.3 is 15.0 Å². The topological polar surface area (TPSA) is 41.6 Å². The number of rotatable bonds is 7. The van der Waals surface area contributed by atoms with E-state index in [4.69, 9.17) is 17.0 Å². The molecule has 28 heavy (non-hydrogen) atoms. The highest BCUT2D eigenvalue weighted by Gasteiger charge is 2.34. The second-order valence-corrected chi connectivity index (χ2v) is 7.12. The highest BCUT2D eigenvalue weighted by molar-refractivity contribution is 7.80. The molecule has 1 atom stereocenters. The van der Waals surface area contributed by atoms with Crippen LogP contribution in [0, 0.1) is 0 Å². The number of nitrogens with one attached hydrogen (secondary N) is 1. The molecular formula is C23H26N2O2S. The molecule has 146 valence electrons. The van der Waals surface area contributed by atoms with Gasteiger partial charge in [0.05, 0.1) is 12.6 Å². The molecule has 2 aromatic rings. The number of nitrogens with zero attached hydrogens (tertiary/aromatic N) is 1. The minimum atomic E-state index is -0.311. The second kappa shape index (κ2) is 9.02. The zero-order chi connectivity index (χ0) is 20.1. The summed E-state index contributed by atoms with van der Waals surface area (Å²) in [6.07, 6.45) is 0.941. The lowest BCUT2D eigenvalue weighted by Gasteiger charge is -2.38. The molecule has 0 fully saturated rings. The third kappa shape index (κ3) is 4.09. The predicted octanol–water partition coefficient (Wildman–Crippen LogP) is 4.88. The number of carbonyl (C=O) groups is 1. The number of hydrogen-bond acceptors (Lipinski definition) is 3. The van der Waals surface area contributed by atoms with Crippen molar-refractivity contribution in [3.05, 3.63) is 77.0 Å². The third-order valence-electron chi connectivity index (χ3n) is 4.83. The Bertz CT molecular complexity index is 892. The van der Waals surface area contributed by atoms with E-state index in [-0.39, 0.29) is 11.8 Å². The fourth-order valence-corrected chi connectivity index (χ4v) is 3.86. The summed E-state index contributed by atoms with van der Waals surface area (Å²) in [5.74, 6) is 0.800. The van der Waals surface area contributed by atoms with Crippen LogP contribution in [0.5, 0.6) is 5.75 Å². The van der Waals surface area contributed by atoms with E-state index >= 15 is 0 Å². The molecule has 0 saturated carbocycles. The summed E-state index contributed by atoms with van der Waals surface area (Å²) < 4.78 is 5.66. The van der Waals surface area contributed by atoms with Crippen molar-refractivity contribution in [3.8, 4) is 5.75 Å². The number of benzene rings is 2.